The van der Waals surface area contributed by atoms with E-state index in [9.17, 15) is 14.4 Å². The number of carbonyl (C=O) groups excluding carboxylic acids is 1. The number of hydrogen-bond acceptors (Lipinski definition) is 4. The first-order valence-corrected chi connectivity index (χ1v) is 9.34. The van der Waals surface area contributed by atoms with Gasteiger partial charge in [0.1, 0.15) is 12.3 Å². The van der Waals surface area contributed by atoms with Crippen LogP contribution in [0.25, 0.3) is 5.69 Å². The molecule has 0 saturated carbocycles. The van der Waals surface area contributed by atoms with Gasteiger partial charge in [-0.15, -0.1) is 0 Å². The van der Waals surface area contributed by atoms with E-state index in [1.807, 2.05) is 30.3 Å². The summed E-state index contributed by atoms with van der Waals surface area (Å²) in [5.41, 5.74) is -0.164. The molecule has 150 valence electrons. The van der Waals surface area contributed by atoms with Crippen LogP contribution >= 0.6 is 11.6 Å². The molecule has 1 amide bonds. The number of amides is 1. The SMILES string of the molecule is COc1ccc(Cl)cc1-n1ccn(CC(=O)NCCc2ccccc2)c(=O)c1=O. The minimum Gasteiger partial charge on any atom is -0.495 e. The molecule has 3 aromatic rings. The van der Waals surface area contributed by atoms with Crippen molar-refractivity contribution >= 4 is 17.5 Å². The molecule has 0 radical (unpaired) electrons. The number of carbonyl (C=O) groups is 1. The van der Waals surface area contributed by atoms with Crippen molar-refractivity contribution < 1.29 is 9.53 Å². The predicted molar refractivity (Wildman–Crippen MR) is 111 cm³/mol. The Morgan fingerprint density at radius 3 is 2.55 bits per heavy atom. The van der Waals surface area contributed by atoms with Gasteiger partial charge < -0.3 is 10.1 Å². The smallest absolute Gasteiger partial charge is 0.321 e. The Balaban J connectivity index is 1.73. The number of rotatable bonds is 7. The summed E-state index contributed by atoms with van der Waals surface area (Å²) in [4.78, 5) is 37.2. The highest BCUT2D eigenvalue weighted by molar-refractivity contribution is 6.30. The van der Waals surface area contributed by atoms with Crippen LogP contribution in [0, 0.1) is 0 Å². The Hall–Kier alpha value is -3.32. The molecule has 1 heterocycles. The van der Waals surface area contributed by atoms with Gasteiger partial charge in [0.05, 0.1) is 12.8 Å². The number of methoxy groups -OCH3 is 1. The van der Waals surface area contributed by atoms with Crippen LogP contribution in [0.1, 0.15) is 5.56 Å². The van der Waals surface area contributed by atoms with Gasteiger partial charge >= 0.3 is 11.1 Å². The van der Waals surface area contributed by atoms with Gasteiger partial charge in [-0.3, -0.25) is 23.5 Å². The van der Waals surface area contributed by atoms with Crippen LogP contribution in [0.15, 0.2) is 70.5 Å². The quantitative estimate of drug-likeness (QED) is 0.601. The molecule has 2 aromatic carbocycles. The van der Waals surface area contributed by atoms with Gasteiger partial charge in [0, 0.05) is 24.0 Å². The zero-order valence-corrected chi connectivity index (χ0v) is 16.6. The normalized spacial score (nSPS) is 10.6. The van der Waals surface area contributed by atoms with Gasteiger partial charge in [-0.1, -0.05) is 41.9 Å². The molecule has 0 saturated heterocycles. The highest BCUT2D eigenvalue weighted by Crippen LogP contribution is 2.24. The fourth-order valence-electron chi connectivity index (χ4n) is 2.88. The molecule has 1 N–H and O–H groups in total. The number of hydrogen-bond donors (Lipinski definition) is 1. The maximum absolute atomic E-state index is 12.5. The fraction of sp³-hybridized carbons (Fsp3) is 0.190. The third-order valence-electron chi connectivity index (χ3n) is 4.35. The lowest BCUT2D eigenvalue weighted by atomic mass is 10.1. The van der Waals surface area contributed by atoms with Crippen LogP contribution in [0.2, 0.25) is 5.02 Å². The van der Waals surface area contributed by atoms with E-state index in [4.69, 9.17) is 16.3 Å². The first-order valence-electron chi connectivity index (χ1n) is 8.96. The molecule has 0 unspecified atom stereocenters. The molecule has 0 aliphatic carbocycles. The number of nitrogens with zero attached hydrogens (tertiary/aromatic N) is 2. The van der Waals surface area contributed by atoms with Crippen molar-refractivity contribution in [1.82, 2.24) is 14.5 Å². The molecule has 0 aliphatic rings. The highest BCUT2D eigenvalue weighted by Gasteiger charge is 2.13. The second kappa shape index (κ2) is 9.25. The summed E-state index contributed by atoms with van der Waals surface area (Å²) in [5.74, 6) is 0.0489. The molecule has 8 heteroatoms. The topological polar surface area (TPSA) is 82.3 Å². The van der Waals surface area contributed by atoms with Crippen molar-refractivity contribution in [2.45, 2.75) is 13.0 Å². The van der Waals surface area contributed by atoms with Crippen molar-refractivity contribution in [3.8, 4) is 11.4 Å². The van der Waals surface area contributed by atoms with Gasteiger partial charge in [-0.05, 0) is 30.2 Å². The van der Waals surface area contributed by atoms with Gasteiger partial charge in [0.25, 0.3) is 0 Å². The van der Waals surface area contributed by atoms with Crippen LogP contribution in [0.5, 0.6) is 5.75 Å². The molecule has 29 heavy (non-hydrogen) atoms. The van der Waals surface area contributed by atoms with Crippen LogP contribution in [0.4, 0.5) is 0 Å². The largest absolute Gasteiger partial charge is 0.495 e. The first-order chi connectivity index (χ1) is 14.0. The van der Waals surface area contributed by atoms with Crippen LogP contribution in [0.3, 0.4) is 0 Å². The third-order valence-corrected chi connectivity index (χ3v) is 4.59. The zero-order chi connectivity index (χ0) is 20.8. The molecule has 0 aliphatic heterocycles. The highest BCUT2D eigenvalue weighted by atomic mass is 35.5. The Labute approximate surface area is 172 Å². The summed E-state index contributed by atoms with van der Waals surface area (Å²) < 4.78 is 7.46. The summed E-state index contributed by atoms with van der Waals surface area (Å²) in [7, 11) is 1.46. The summed E-state index contributed by atoms with van der Waals surface area (Å²) in [6, 6.07) is 14.5. The van der Waals surface area contributed by atoms with E-state index in [0.717, 1.165) is 14.7 Å². The molecular formula is C21H20ClN3O4. The standard InChI is InChI=1S/C21H20ClN3O4/c1-29-18-8-7-16(22)13-17(18)25-12-11-24(20(27)21(25)28)14-19(26)23-10-9-15-5-3-2-4-6-15/h2-8,11-13H,9-10,14H2,1H3,(H,23,26). The summed E-state index contributed by atoms with van der Waals surface area (Å²) in [6.45, 7) is 0.199. The van der Waals surface area contributed by atoms with Crippen LogP contribution in [-0.4, -0.2) is 28.7 Å². The van der Waals surface area contributed by atoms with Crippen molar-refractivity contribution in [3.63, 3.8) is 0 Å². The average molecular weight is 414 g/mol. The lowest BCUT2D eigenvalue weighted by Crippen LogP contribution is -2.42. The Bertz CT molecular complexity index is 1120. The minimum atomic E-state index is -0.812. The lowest BCUT2D eigenvalue weighted by Gasteiger charge is -2.12. The van der Waals surface area contributed by atoms with Crippen LogP contribution in [-0.2, 0) is 17.8 Å². The monoisotopic (exact) mass is 413 g/mol. The van der Waals surface area contributed by atoms with Crippen molar-refractivity contribution in [1.29, 1.82) is 0 Å². The number of aromatic nitrogens is 2. The van der Waals surface area contributed by atoms with E-state index in [1.165, 1.54) is 25.6 Å². The number of ether oxygens (including phenoxy) is 1. The molecule has 0 atom stereocenters. The van der Waals surface area contributed by atoms with Crippen molar-refractivity contribution in [2.24, 2.45) is 0 Å². The first kappa shape index (κ1) is 20.4. The number of benzene rings is 2. The third kappa shape index (κ3) is 4.94. The van der Waals surface area contributed by atoms with Crippen LogP contribution < -0.4 is 21.2 Å². The Morgan fingerprint density at radius 2 is 1.83 bits per heavy atom. The maximum atomic E-state index is 12.5. The van der Waals surface area contributed by atoms with Gasteiger partial charge in [-0.25, -0.2) is 0 Å². The average Bonchev–Trinajstić information content (AvgIpc) is 2.72. The summed E-state index contributed by atoms with van der Waals surface area (Å²) >= 11 is 6.00. The van der Waals surface area contributed by atoms with E-state index >= 15 is 0 Å². The molecule has 0 spiro atoms. The van der Waals surface area contributed by atoms with Gasteiger partial charge in [0.2, 0.25) is 5.91 Å². The van der Waals surface area contributed by atoms with Gasteiger partial charge in [0.15, 0.2) is 0 Å². The number of nitrogens with one attached hydrogen (secondary N) is 1. The molecule has 0 bridgehead atoms. The van der Waals surface area contributed by atoms with Crippen molar-refractivity contribution in [3.05, 3.63) is 92.2 Å². The van der Waals surface area contributed by atoms with E-state index in [-0.39, 0.29) is 12.5 Å². The molecule has 0 fully saturated rings. The summed E-state index contributed by atoms with van der Waals surface area (Å²) in [6.07, 6.45) is 3.48. The fourth-order valence-corrected chi connectivity index (χ4v) is 3.04. The molecule has 1 aromatic heterocycles. The Morgan fingerprint density at radius 1 is 1.07 bits per heavy atom. The molecule has 3 rings (SSSR count). The predicted octanol–water partition coefficient (Wildman–Crippen LogP) is 2.02. The van der Waals surface area contributed by atoms with E-state index in [1.54, 1.807) is 12.1 Å². The minimum absolute atomic E-state index is 0.240. The van der Waals surface area contributed by atoms with E-state index in [0.29, 0.717) is 29.4 Å². The van der Waals surface area contributed by atoms with E-state index in [2.05, 4.69) is 5.32 Å². The zero-order valence-electron chi connectivity index (χ0n) is 15.8. The second-order valence-electron chi connectivity index (χ2n) is 6.31. The maximum Gasteiger partial charge on any atom is 0.321 e. The molecular weight excluding hydrogens is 394 g/mol. The van der Waals surface area contributed by atoms with Gasteiger partial charge in [-0.2, -0.15) is 0 Å². The number of halogens is 1. The van der Waals surface area contributed by atoms with Crippen molar-refractivity contribution in [2.75, 3.05) is 13.7 Å². The van der Waals surface area contributed by atoms with E-state index < -0.39 is 11.1 Å². The lowest BCUT2D eigenvalue weighted by molar-refractivity contribution is -0.121. The molecule has 7 nitrogen and oxygen atoms in total. The Kier molecular flexibility index (Phi) is 6.51. The second-order valence-corrected chi connectivity index (χ2v) is 6.74. The summed E-state index contributed by atoms with van der Waals surface area (Å²) in [5, 5.41) is 3.15.